The van der Waals surface area contributed by atoms with Crippen LogP contribution in [0.5, 0.6) is 0 Å². The zero-order chi connectivity index (χ0) is 23.1. The Hall–Kier alpha value is -3.16. The van der Waals surface area contributed by atoms with E-state index in [1.54, 1.807) is 23.4 Å². The number of pyridine rings is 1. The largest absolute Gasteiger partial charge is 0.391 e. The molecule has 3 heterocycles. The number of aliphatic imine (C=N–C) groups is 1. The predicted molar refractivity (Wildman–Crippen MR) is 127 cm³/mol. The summed E-state index contributed by atoms with van der Waals surface area (Å²) in [6.07, 6.45) is 3.10. The molecule has 8 heteroatoms. The first kappa shape index (κ1) is 21.7. The van der Waals surface area contributed by atoms with Gasteiger partial charge < -0.3 is 10.0 Å². The van der Waals surface area contributed by atoms with E-state index < -0.39 is 12.3 Å². The highest BCUT2D eigenvalue weighted by Crippen LogP contribution is 2.37. The SMILES string of the molecule is CC(=O)N1CC[C@H](C2N=Cc3c(cc(Cc4ccc(Cl)nc4)c4ccccc34)[N+]2=O)[C@@H](O)C1. The molecule has 0 saturated carbocycles. The highest BCUT2D eigenvalue weighted by Gasteiger charge is 2.45. The molecule has 1 aromatic heterocycles. The molecule has 1 amide bonds. The van der Waals surface area contributed by atoms with Gasteiger partial charge in [-0.15, -0.1) is 0 Å². The molecular weight excluding hydrogens is 440 g/mol. The van der Waals surface area contributed by atoms with Crippen molar-refractivity contribution in [2.24, 2.45) is 10.9 Å². The Morgan fingerprint density at radius 1 is 1.24 bits per heavy atom. The van der Waals surface area contributed by atoms with Crippen LogP contribution in [0.1, 0.15) is 30.0 Å². The van der Waals surface area contributed by atoms with Gasteiger partial charge in [-0.05, 0) is 40.8 Å². The predicted octanol–water partition coefficient (Wildman–Crippen LogP) is 3.88. The number of aliphatic hydroxyl groups is 1. The van der Waals surface area contributed by atoms with E-state index in [1.807, 2.05) is 36.4 Å². The number of aromatic nitrogens is 1. The van der Waals surface area contributed by atoms with Gasteiger partial charge in [0.25, 0.3) is 5.69 Å². The van der Waals surface area contributed by atoms with E-state index in [1.165, 1.54) is 6.92 Å². The number of hydrogen-bond acceptors (Lipinski definition) is 5. The number of nitrogens with zero attached hydrogens (tertiary/aromatic N) is 4. The molecule has 33 heavy (non-hydrogen) atoms. The van der Waals surface area contributed by atoms with Gasteiger partial charge in [0.1, 0.15) is 5.15 Å². The third-order valence-corrected chi connectivity index (χ3v) is 6.85. The van der Waals surface area contributed by atoms with Crippen molar-refractivity contribution in [3.8, 4) is 0 Å². The number of halogens is 1. The highest BCUT2D eigenvalue weighted by molar-refractivity contribution is 6.29. The number of aliphatic hydroxyl groups excluding tert-OH is 1. The number of carbonyl (C=O) groups excluding carboxylic acids is 1. The van der Waals surface area contributed by atoms with Crippen molar-refractivity contribution in [1.29, 1.82) is 0 Å². The number of hydrogen-bond donors (Lipinski definition) is 1. The second-order valence-corrected chi connectivity index (χ2v) is 9.07. The summed E-state index contributed by atoms with van der Waals surface area (Å²) < 4.78 is 0.933. The van der Waals surface area contributed by atoms with E-state index in [2.05, 4.69) is 9.98 Å². The fourth-order valence-corrected chi connectivity index (χ4v) is 4.99. The Kier molecular flexibility index (Phi) is 5.68. The molecular formula is C25H24ClN4O3+. The second-order valence-electron chi connectivity index (χ2n) is 8.68. The number of benzene rings is 2. The van der Waals surface area contributed by atoms with Crippen LogP contribution in [-0.4, -0.2) is 57.2 Å². The molecule has 5 rings (SSSR count). The quantitative estimate of drug-likeness (QED) is 0.472. The van der Waals surface area contributed by atoms with Gasteiger partial charge in [-0.25, -0.2) is 9.98 Å². The van der Waals surface area contributed by atoms with Crippen molar-refractivity contribution in [3.63, 3.8) is 0 Å². The van der Waals surface area contributed by atoms with Crippen molar-refractivity contribution >= 4 is 40.2 Å². The summed E-state index contributed by atoms with van der Waals surface area (Å²) in [6.45, 7) is 2.22. The van der Waals surface area contributed by atoms with E-state index in [9.17, 15) is 14.8 Å². The Morgan fingerprint density at radius 2 is 2.03 bits per heavy atom. The fraction of sp³-hybridized carbons (Fsp3) is 0.320. The number of β-amino-alcohol motifs (C(OH)–C–C–N with tert-alkyl or cyclic N) is 1. The standard InChI is InChI=1S/C25H24ClN4O3/c1-15(31)29-9-8-20(23(32)14-29)25-28-13-21-19-5-3-2-4-18(19)17(11-22(21)30(25)33)10-16-6-7-24(26)27-12-16/h2-7,11-13,20,23,25,32H,8-10,14H2,1H3/q+1/t20-,23-,25?/m0/s1. The zero-order valence-electron chi connectivity index (χ0n) is 18.2. The maximum Gasteiger partial charge on any atom is 0.305 e. The first-order valence-electron chi connectivity index (χ1n) is 11.0. The second kappa shape index (κ2) is 8.65. The van der Waals surface area contributed by atoms with Crippen molar-refractivity contribution in [2.45, 2.75) is 32.0 Å². The minimum atomic E-state index is -0.803. The first-order chi connectivity index (χ1) is 15.9. The van der Waals surface area contributed by atoms with Gasteiger partial charge >= 0.3 is 6.17 Å². The maximum atomic E-state index is 13.6. The molecule has 1 saturated heterocycles. The molecule has 168 valence electrons. The molecule has 0 aliphatic carbocycles. The first-order valence-corrected chi connectivity index (χ1v) is 11.4. The average Bonchev–Trinajstić information content (AvgIpc) is 2.81. The molecule has 0 radical (unpaired) electrons. The molecule has 2 aliphatic heterocycles. The minimum absolute atomic E-state index is 0.0724. The van der Waals surface area contributed by atoms with Crippen LogP contribution in [0.2, 0.25) is 5.15 Å². The number of piperidine rings is 1. The van der Waals surface area contributed by atoms with Crippen molar-refractivity contribution in [3.05, 3.63) is 75.4 Å². The number of nitroso groups, excluding NO2 is 1. The summed E-state index contributed by atoms with van der Waals surface area (Å²) in [4.78, 5) is 35.6. The fourth-order valence-electron chi connectivity index (χ4n) is 4.87. The Morgan fingerprint density at radius 3 is 2.73 bits per heavy atom. The van der Waals surface area contributed by atoms with Crippen LogP contribution >= 0.6 is 11.6 Å². The molecule has 0 bridgehead atoms. The van der Waals surface area contributed by atoms with Crippen molar-refractivity contribution in [2.75, 3.05) is 13.1 Å². The molecule has 3 atom stereocenters. The molecule has 2 aliphatic rings. The summed E-state index contributed by atoms with van der Waals surface area (Å²) in [5.41, 5.74) is 3.34. The molecule has 1 fully saturated rings. The van der Waals surface area contributed by atoms with Gasteiger partial charge in [0, 0.05) is 43.4 Å². The van der Waals surface area contributed by atoms with Crippen molar-refractivity contribution < 1.29 is 14.7 Å². The third-order valence-electron chi connectivity index (χ3n) is 6.63. The molecule has 0 spiro atoms. The van der Waals surface area contributed by atoms with Crippen LogP contribution in [-0.2, 0) is 11.2 Å². The van der Waals surface area contributed by atoms with E-state index in [-0.39, 0.29) is 18.4 Å². The van der Waals surface area contributed by atoms with Gasteiger partial charge in [0.2, 0.25) is 5.91 Å². The lowest BCUT2D eigenvalue weighted by atomic mass is 9.88. The highest BCUT2D eigenvalue weighted by atomic mass is 35.5. The lowest BCUT2D eigenvalue weighted by Gasteiger charge is -2.35. The lowest BCUT2D eigenvalue weighted by Crippen LogP contribution is -2.50. The molecule has 1 unspecified atom stereocenters. The molecule has 3 aromatic rings. The third kappa shape index (κ3) is 4.03. The Labute approximate surface area is 196 Å². The Bertz CT molecular complexity index is 1270. The monoisotopic (exact) mass is 463 g/mol. The summed E-state index contributed by atoms with van der Waals surface area (Å²) in [7, 11) is 0. The van der Waals surface area contributed by atoms with Crippen LogP contribution in [0.4, 0.5) is 5.69 Å². The van der Waals surface area contributed by atoms with Gasteiger partial charge in [0.15, 0.2) is 0 Å². The smallest absolute Gasteiger partial charge is 0.305 e. The topological polar surface area (TPSA) is 85.9 Å². The zero-order valence-corrected chi connectivity index (χ0v) is 18.9. The van der Waals surface area contributed by atoms with E-state index in [4.69, 9.17) is 11.6 Å². The van der Waals surface area contributed by atoms with Crippen LogP contribution in [0, 0.1) is 10.8 Å². The summed E-state index contributed by atoms with van der Waals surface area (Å²) in [6, 6.07) is 13.6. The average molecular weight is 464 g/mol. The lowest BCUT2D eigenvalue weighted by molar-refractivity contribution is -0.519. The maximum absolute atomic E-state index is 13.6. The summed E-state index contributed by atoms with van der Waals surface area (Å²) in [5.74, 6) is -0.422. The van der Waals surface area contributed by atoms with Crippen LogP contribution in [0.15, 0.2) is 53.7 Å². The Balaban J connectivity index is 1.52. The van der Waals surface area contributed by atoms with Crippen LogP contribution < -0.4 is 0 Å². The van der Waals surface area contributed by atoms with Gasteiger partial charge in [-0.3, -0.25) is 4.79 Å². The van der Waals surface area contributed by atoms with Gasteiger partial charge in [-0.2, -0.15) is 0 Å². The summed E-state index contributed by atoms with van der Waals surface area (Å²) >= 11 is 5.94. The number of carbonyl (C=O) groups is 1. The minimum Gasteiger partial charge on any atom is -0.391 e. The van der Waals surface area contributed by atoms with E-state index in [0.717, 1.165) is 32.2 Å². The van der Waals surface area contributed by atoms with Gasteiger partial charge in [-0.1, -0.05) is 41.9 Å². The molecule has 2 aromatic carbocycles. The van der Waals surface area contributed by atoms with E-state index >= 15 is 0 Å². The van der Waals surface area contributed by atoms with Gasteiger partial charge in [0.05, 0.1) is 22.3 Å². The van der Waals surface area contributed by atoms with E-state index in [0.29, 0.717) is 30.2 Å². The number of amides is 1. The van der Waals surface area contributed by atoms with Crippen LogP contribution in [0.3, 0.4) is 0 Å². The number of likely N-dealkylation sites (tertiary alicyclic amines) is 1. The normalized spacial score (nSPS) is 22.5. The van der Waals surface area contributed by atoms with Crippen LogP contribution in [0.25, 0.3) is 10.8 Å². The summed E-state index contributed by atoms with van der Waals surface area (Å²) in [5, 5.41) is 13.2. The van der Waals surface area contributed by atoms with Crippen molar-refractivity contribution in [1.82, 2.24) is 9.88 Å². The molecule has 1 N–H and O–H groups in total. The number of rotatable bonds is 3. The number of fused-ring (bicyclic) bond motifs is 3. The molecule has 7 nitrogen and oxygen atoms in total.